The van der Waals surface area contributed by atoms with Gasteiger partial charge in [0.1, 0.15) is 0 Å². The first-order valence-electron chi connectivity index (χ1n) is 7.34. The Balaban J connectivity index is 1.63. The Morgan fingerprint density at radius 2 is 2.30 bits per heavy atom. The minimum atomic E-state index is 0.277. The molecule has 0 bridgehead atoms. The molecule has 1 amide bonds. The maximum absolute atomic E-state index is 11.8. The number of benzene rings is 1. The average Bonchev–Trinajstić information content (AvgIpc) is 3.04. The summed E-state index contributed by atoms with van der Waals surface area (Å²) >= 11 is 0. The zero-order valence-electron chi connectivity index (χ0n) is 11.9. The minimum Gasteiger partial charge on any atom is -0.361 e. The largest absolute Gasteiger partial charge is 0.361 e. The summed E-state index contributed by atoms with van der Waals surface area (Å²) in [6, 6.07) is 8.68. The number of aromatic amines is 1. The molecule has 1 aromatic carbocycles. The number of rotatable bonds is 5. The van der Waals surface area contributed by atoms with Gasteiger partial charge in [0.15, 0.2) is 0 Å². The van der Waals surface area contributed by atoms with Crippen LogP contribution in [0.1, 0.15) is 25.3 Å². The topological polar surface area (TPSA) is 48.1 Å². The van der Waals surface area contributed by atoms with E-state index in [0.29, 0.717) is 6.42 Å². The molecular weight excluding hydrogens is 250 g/mol. The normalized spacial score (nSPS) is 19.1. The van der Waals surface area contributed by atoms with Gasteiger partial charge in [-0.1, -0.05) is 25.1 Å². The zero-order valence-corrected chi connectivity index (χ0v) is 11.9. The number of H-pyrrole nitrogens is 1. The van der Waals surface area contributed by atoms with E-state index in [9.17, 15) is 4.79 Å². The lowest BCUT2D eigenvalue weighted by Gasteiger charge is -2.16. The minimum absolute atomic E-state index is 0.277. The van der Waals surface area contributed by atoms with Gasteiger partial charge in [-0.25, -0.2) is 0 Å². The summed E-state index contributed by atoms with van der Waals surface area (Å²) in [5, 5.41) is 4.75. The van der Waals surface area contributed by atoms with Gasteiger partial charge in [0.2, 0.25) is 5.91 Å². The second-order valence-electron chi connectivity index (χ2n) is 5.48. The molecule has 1 aliphatic rings. The fraction of sp³-hybridized carbons (Fsp3) is 0.438. The van der Waals surface area contributed by atoms with Crippen LogP contribution in [0.5, 0.6) is 0 Å². The van der Waals surface area contributed by atoms with E-state index in [1.54, 1.807) is 0 Å². The fourth-order valence-electron chi connectivity index (χ4n) is 2.95. The van der Waals surface area contributed by atoms with Crippen LogP contribution in [0.4, 0.5) is 0 Å². The van der Waals surface area contributed by atoms with Crippen molar-refractivity contribution < 1.29 is 4.79 Å². The summed E-state index contributed by atoms with van der Waals surface area (Å²) < 4.78 is 0. The number of nitrogens with one attached hydrogen (secondary N) is 2. The molecule has 1 aliphatic heterocycles. The highest BCUT2D eigenvalue weighted by Crippen LogP contribution is 2.18. The van der Waals surface area contributed by atoms with E-state index in [-0.39, 0.29) is 11.9 Å². The Bertz CT molecular complexity index is 605. The molecule has 0 saturated carbocycles. The van der Waals surface area contributed by atoms with Crippen molar-refractivity contribution in [1.29, 1.82) is 0 Å². The average molecular weight is 271 g/mol. The van der Waals surface area contributed by atoms with Crippen LogP contribution in [0.2, 0.25) is 0 Å². The lowest BCUT2D eigenvalue weighted by molar-refractivity contribution is -0.127. The number of hydrogen-bond acceptors (Lipinski definition) is 2. The van der Waals surface area contributed by atoms with Crippen LogP contribution < -0.4 is 5.32 Å². The number of carbonyl (C=O) groups is 1. The first kappa shape index (κ1) is 13.2. The monoisotopic (exact) mass is 271 g/mol. The number of para-hydroxylation sites is 1. The van der Waals surface area contributed by atoms with Gasteiger partial charge in [-0.3, -0.25) is 4.79 Å². The van der Waals surface area contributed by atoms with Crippen molar-refractivity contribution in [3.05, 3.63) is 36.0 Å². The molecular formula is C16H21N3O. The second-order valence-corrected chi connectivity index (χ2v) is 5.48. The molecule has 1 saturated heterocycles. The highest BCUT2D eigenvalue weighted by molar-refractivity contribution is 5.82. The summed E-state index contributed by atoms with van der Waals surface area (Å²) in [4.78, 5) is 17.1. The number of aromatic nitrogens is 1. The van der Waals surface area contributed by atoms with Gasteiger partial charge < -0.3 is 15.2 Å². The highest BCUT2D eigenvalue weighted by atomic mass is 16.2. The number of likely N-dealkylation sites (tertiary alicyclic amines) is 1. The van der Waals surface area contributed by atoms with Crippen molar-refractivity contribution in [3.8, 4) is 0 Å². The third-order valence-electron chi connectivity index (χ3n) is 3.96. The summed E-state index contributed by atoms with van der Waals surface area (Å²) in [5.41, 5.74) is 2.45. The van der Waals surface area contributed by atoms with Crippen LogP contribution in [-0.4, -0.2) is 34.9 Å². The van der Waals surface area contributed by atoms with Gasteiger partial charge in [0.05, 0.1) is 0 Å². The summed E-state index contributed by atoms with van der Waals surface area (Å²) in [6.07, 6.45) is 3.62. The molecule has 2 heterocycles. The molecule has 0 spiro atoms. The van der Waals surface area contributed by atoms with E-state index in [1.165, 1.54) is 16.5 Å². The standard InChI is InChI=1S/C16H21N3O/c1-2-8-19-11-14(9-15(19)20)18-10-13-5-3-4-12-6-7-17-16(12)13/h3-7,14,17-18H,2,8-11H2,1H3. The van der Waals surface area contributed by atoms with Gasteiger partial charge >= 0.3 is 0 Å². The zero-order chi connectivity index (χ0) is 13.9. The number of fused-ring (bicyclic) bond motifs is 1. The van der Waals surface area contributed by atoms with E-state index >= 15 is 0 Å². The van der Waals surface area contributed by atoms with Crippen LogP contribution in [-0.2, 0) is 11.3 Å². The van der Waals surface area contributed by atoms with Gasteiger partial charge in [-0.15, -0.1) is 0 Å². The van der Waals surface area contributed by atoms with E-state index in [4.69, 9.17) is 0 Å². The molecule has 4 nitrogen and oxygen atoms in total. The van der Waals surface area contributed by atoms with Gasteiger partial charge in [0.25, 0.3) is 0 Å². The number of hydrogen-bond donors (Lipinski definition) is 2. The third kappa shape index (κ3) is 2.56. The van der Waals surface area contributed by atoms with Gasteiger partial charge in [-0.05, 0) is 23.4 Å². The lowest BCUT2D eigenvalue weighted by atomic mass is 10.1. The molecule has 1 atom stereocenters. The molecule has 1 fully saturated rings. The molecule has 2 N–H and O–H groups in total. The Kier molecular flexibility index (Phi) is 3.74. The highest BCUT2D eigenvalue weighted by Gasteiger charge is 2.28. The Morgan fingerprint density at radius 3 is 3.15 bits per heavy atom. The molecule has 106 valence electrons. The van der Waals surface area contributed by atoms with Crippen molar-refractivity contribution in [2.45, 2.75) is 32.4 Å². The van der Waals surface area contributed by atoms with E-state index in [0.717, 1.165) is 26.1 Å². The van der Waals surface area contributed by atoms with Gasteiger partial charge in [0, 0.05) is 43.8 Å². The Hall–Kier alpha value is -1.81. The molecule has 4 heteroatoms. The summed E-state index contributed by atoms with van der Waals surface area (Å²) in [6.45, 7) is 4.63. The van der Waals surface area contributed by atoms with E-state index in [1.807, 2.05) is 11.1 Å². The number of amides is 1. The summed E-state index contributed by atoms with van der Waals surface area (Å²) in [7, 11) is 0. The number of carbonyl (C=O) groups excluding carboxylic acids is 1. The molecule has 0 aliphatic carbocycles. The predicted molar refractivity (Wildman–Crippen MR) is 80.4 cm³/mol. The first-order valence-corrected chi connectivity index (χ1v) is 7.34. The second kappa shape index (κ2) is 5.67. The summed E-state index contributed by atoms with van der Waals surface area (Å²) in [5.74, 6) is 0.280. The van der Waals surface area contributed by atoms with Gasteiger partial charge in [-0.2, -0.15) is 0 Å². The lowest BCUT2D eigenvalue weighted by Crippen LogP contribution is -2.32. The van der Waals surface area contributed by atoms with Crippen LogP contribution in [0.15, 0.2) is 30.5 Å². The van der Waals surface area contributed by atoms with Crippen LogP contribution in [0, 0.1) is 0 Å². The van der Waals surface area contributed by atoms with Crippen molar-refractivity contribution in [1.82, 2.24) is 15.2 Å². The maximum Gasteiger partial charge on any atom is 0.224 e. The van der Waals surface area contributed by atoms with Crippen LogP contribution in [0.3, 0.4) is 0 Å². The first-order chi connectivity index (χ1) is 9.78. The third-order valence-corrected chi connectivity index (χ3v) is 3.96. The Morgan fingerprint density at radius 1 is 1.40 bits per heavy atom. The smallest absolute Gasteiger partial charge is 0.224 e. The van der Waals surface area contributed by atoms with Crippen LogP contribution >= 0.6 is 0 Å². The molecule has 1 unspecified atom stereocenters. The molecule has 1 aromatic heterocycles. The molecule has 3 rings (SSSR count). The molecule has 0 radical (unpaired) electrons. The van der Waals surface area contributed by atoms with Crippen molar-refractivity contribution in [2.75, 3.05) is 13.1 Å². The number of nitrogens with zero attached hydrogens (tertiary/aromatic N) is 1. The van der Waals surface area contributed by atoms with Crippen LogP contribution in [0.25, 0.3) is 10.9 Å². The predicted octanol–water partition coefficient (Wildman–Crippen LogP) is 2.27. The maximum atomic E-state index is 11.8. The van der Waals surface area contributed by atoms with Crippen molar-refractivity contribution in [2.24, 2.45) is 0 Å². The quantitative estimate of drug-likeness (QED) is 0.876. The van der Waals surface area contributed by atoms with Crippen molar-refractivity contribution in [3.63, 3.8) is 0 Å². The van der Waals surface area contributed by atoms with Crippen molar-refractivity contribution >= 4 is 16.8 Å². The van der Waals surface area contributed by atoms with E-state index in [2.05, 4.69) is 41.5 Å². The molecule has 20 heavy (non-hydrogen) atoms. The van der Waals surface area contributed by atoms with E-state index < -0.39 is 0 Å². The SMILES string of the molecule is CCCN1CC(NCc2cccc3cc[nH]c23)CC1=O. The Labute approximate surface area is 119 Å². The fourth-order valence-corrected chi connectivity index (χ4v) is 2.95. The molecule has 2 aromatic rings.